The third kappa shape index (κ3) is 5.29. The Kier molecular flexibility index (Phi) is 8.00. The highest BCUT2D eigenvalue weighted by atomic mass is 16.3. The minimum Gasteiger partial charge on any atom is -0.456 e. The molecule has 0 fully saturated rings. The van der Waals surface area contributed by atoms with Crippen molar-refractivity contribution in [3.05, 3.63) is 169 Å². The zero-order chi connectivity index (χ0) is 37.9. The van der Waals surface area contributed by atoms with E-state index in [4.69, 9.17) is 17.7 Å². The summed E-state index contributed by atoms with van der Waals surface area (Å²) in [5.74, 6) is 0. The van der Waals surface area contributed by atoms with E-state index in [0.717, 1.165) is 116 Å². The fourth-order valence-electron chi connectivity index (χ4n) is 8.17. The molecule has 0 aliphatic heterocycles. The standard InChI is InChI=1S/2C25H16O2.C2H6/c1-15-7-4-9-18-19-11-6-13-21(25(19)27-23(15)18)20-12-5-10-17-16-8-2-3-14-22(16)26-24(17)20;1-15-9-11-23-20(13-15)21-14-16(10-12-24(21)26-23)17-6-4-7-19-18-5-2-3-8-22(18)27-25(17)19;1-2/h2*2-14H,1H3;1-2H3. The molecule has 0 amide bonds. The van der Waals surface area contributed by atoms with Crippen molar-refractivity contribution < 1.29 is 17.7 Å². The van der Waals surface area contributed by atoms with Crippen LogP contribution in [0.3, 0.4) is 0 Å². The Morgan fingerprint density at radius 2 is 0.750 bits per heavy atom. The molecule has 0 saturated heterocycles. The molecule has 8 aromatic carbocycles. The monoisotopic (exact) mass is 726 g/mol. The normalized spacial score (nSPS) is 11.6. The zero-order valence-electron chi connectivity index (χ0n) is 31.6. The van der Waals surface area contributed by atoms with Gasteiger partial charge in [0.25, 0.3) is 0 Å². The molecule has 0 saturated carbocycles. The molecule has 4 heterocycles. The van der Waals surface area contributed by atoms with Crippen LogP contribution in [0.4, 0.5) is 0 Å². The average molecular weight is 727 g/mol. The van der Waals surface area contributed by atoms with Gasteiger partial charge in [-0.25, -0.2) is 0 Å². The summed E-state index contributed by atoms with van der Waals surface area (Å²) >= 11 is 0. The molecule has 0 spiro atoms. The number of aryl methyl sites for hydroxylation is 2. The summed E-state index contributed by atoms with van der Waals surface area (Å²) in [5, 5.41) is 9.16. The first kappa shape index (κ1) is 33.5. The first-order valence-corrected chi connectivity index (χ1v) is 19.2. The van der Waals surface area contributed by atoms with E-state index in [9.17, 15) is 0 Å². The van der Waals surface area contributed by atoms with Crippen molar-refractivity contribution in [2.45, 2.75) is 27.7 Å². The van der Waals surface area contributed by atoms with Gasteiger partial charge in [0.15, 0.2) is 0 Å². The van der Waals surface area contributed by atoms with E-state index in [1.54, 1.807) is 0 Å². The van der Waals surface area contributed by atoms with Crippen molar-refractivity contribution in [3.8, 4) is 22.3 Å². The molecule has 56 heavy (non-hydrogen) atoms. The second kappa shape index (κ2) is 13.4. The summed E-state index contributed by atoms with van der Waals surface area (Å²) in [4.78, 5) is 0. The maximum Gasteiger partial charge on any atom is 0.143 e. The minimum absolute atomic E-state index is 0.906. The van der Waals surface area contributed by atoms with E-state index in [2.05, 4.69) is 135 Å². The predicted octanol–water partition coefficient (Wildman–Crippen LogP) is 15.9. The summed E-state index contributed by atoms with van der Waals surface area (Å²) in [6.45, 7) is 8.20. The van der Waals surface area contributed by atoms with Gasteiger partial charge in [-0.2, -0.15) is 0 Å². The largest absolute Gasteiger partial charge is 0.456 e. The summed E-state index contributed by atoms with van der Waals surface area (Å²) < 4.78 is 24.8. The lowest BCUT2D eigenvalue weighted by molar-refractivity contribution is 0.663. The van der Waals surface area contributed by atoms with Crippen molar-refractivity contribution in [2.75, 3.05) is 0 Å². The van der Waals surface area contributed by atoms with Crippen LogP contribution in [0.2, 0.25) is 0 Å². The Labute approximate surface area is 323 Å². The molecule has 0 bridgehead atoms. The minimum atomic E-state index is 0.906. The fraction of sp³-hybridized carbons (Fsp3) is 0.0769. The van der Waals surface area contributed by atoms with Gasteiger partial charge in [0, 0.05) is 59.8 Å². The van der Waals surface area contributed by atoms with Crippen molar-refractivity contribution in [2.24, 2.45) is 0 Å². The van der Waals surface area contributed by atoms with Gasteiger partial charge in [0.2, 0.25) is 0 Å². The summed E-state index contributed by atoms with van der Waals surface area (Å²) in [5.41, 5.74) is 14.1. The smallest absolute Gasteiger partial charge is 0.143 e. The van der Waals surface area contributed by atoms with E-state index < -0.39 is 0 Å². The van der Waals surface area contributed by atoms with Gasteiger partial charge in [-0.05, 0) is 61.4 Å². The van der Waals surface area contributed by atoms with Gasteiger partial charge in [-0.15, -0.1) is 0 Å². The Hall–Kier alpha value is -7.04. The number of furan rings is 4. The molecule has 12 aromatic rings. The Morgan fingerprint density at radius 1 is 0.304 bits per heavy atom. The van der Waals surface area contributed by atoms with Gasteiger partial charge in [-0.3, -0.25) is 0 Å². The Morgan fingerprint density at radius 3 is 1.39 bits per heavy atom. The third-order valence-corrected chi connectivity index (χ3v) is 10.8. The molecule has 4 heteroatoms. The highest BCUT2D eigenvalue weighted by Gasteiger charge is 2.18. The molecule has 0 unspecified atom stereocenters. The van der Waals surface area contributed by atoms with E-state index in [1.807, 2.05) is 50.2 Å². The average Bonchev–Trinajstić information content (AvgIpc) is 4.02. The zero-order valence-corrected chi connectivity index (χ0v) is 31.6. The summed E-state index contributed by atoms with van der Waals surface area (Å²) in [7, 11) is 0. The van der Waals surface area contributed by atoms with E-state index >= 15 is 0 Å². The SMILES string of the molecule is CC.Cc1ccc2oc3ccc(-c4cccc5c4oc4ccccc45)cc3c2c1.Cc1cccc2c1oc1c(-c3cccc4c3oc3ccccc34)cccc12. The molecular weight excluding hydrogens is 689 g/mol. The number of fused-ring (bicyclic) bond motifs is 12. The van der Waals surface area contributed by atoms with Gasteiger partial charge >= 0.3 is 0 Å². The number of hydrogen-bond acceptors (Lipinski definition) is 4. The molecule has 270 valence electrons. The van der Waals surface area contributed by atoms with Crippen LogP contribution in [0.1, 0.15) is 25.0 Å². The van der Waals surface area contributed by atoms with Crippen molar-refractivity contribution >= 4 is 87.8 Å². The maximum atomic E-state index is 6.35. The first-order chi connectivity index (χ1) is 27.6. The van der Waals surface area contributed by atoms with Gasteiger partial charge in [0.1, 0.15) is 44.7 Å². The fourth-order valence-corrected chi connectivity index (χ4v) is 8.17. The number of para-hydroxylation sites is 6. The van der Waals surface area contributed by atoms with Crippen LogP contribution in [0, 0.1) is 13.8 Å². The molecule has 4 nitrogen and oxygen atoms in total. The van der Waals surface area contributed by atoms with E-state index in [1.165, 1.54) is 5.56 Å². The summed E-state index contributed by atoms with van der Waals surface area (Å²) in [6, 6.07) is 54.4. The number of benzene rings is 8. The number of hydrogen-bond donors (Lipinski definition) is 0. The molecule has 0 N–H and O–H groups in total. The molecule has 0 aliphatic rings. The lowest BCUT2D eigenvalue weighted by atomic mass is 10.00. The third-order valence-electron chi connectivity index (χ3n) is 10.8. The Balaban J connectivity index is 0.000000132. The predicted molar refractivity (Wildman–Crippen MR) is 234 cm³/mol. The highest BCUT2D eigenvalue weighted by Crippen LogP contribution is 2.42. The quantitative estimate of drug-likeness (QED) is 0.178. The second-order valence-corrected chi connectivity index (χ2v) is 14.1. The number of rotatable bonds is 2. The van der Waals surface area contributed by atoms with Crippen molar-refractivity contribution in [3.63, 3.8) is 0 Å². The first-order valence-electron chi connectivity index (χ1n) is 19.2. The molecular formula is C52H38O4. The van der Waals surface area contributed by atoms with Crippen molar-refractivity contribution in [1.82, 2.24) is 0 Å². The van der Waals surface area contributed by atoms with Crippen LogP contribution in [0.15, 0.2) is 175 Å². The van der Waals surface area contributed by atoms with Crippen molar-refractivity contribution in [1.29, 1.82) is 0 Å². The highest BCUT2D eigenvalue weighted by molar-refractivity contribution is 6.15. The molecule has 0 aliphatic carbocycles. The maximum absolute atomic E-state index is 6.35. The summed E-state index contributed by atoms with van der Waals surface area (Å²) in [6.07, 6.45) is 0. The van der Waals surface area contributed by atoms with Gasteiger partial charge in [0.05, 0.1) is 0 Å². The van der Waals surface area contributed by atoms with E-state index in [0.29, 0.717) is 0 Å². The van der Waals surface area contributed by atoms with Crippen LogP contribution in [-0.4, -0.2) is 0 Å². The molecule has 12 rings (SSSR count). The lowest BCUT2D eigenvalue weighted by Crippen LogP contribution is -1.80. The van der Waals surface area contributed by atoms with Crippen LogP contribution < -0.4 is 0 Å². The molecule has 0 radical (unpaired) electrons. The van der Waals surface area contributed by atoms with Crippen LogP contribution >= 0.6 is 0 Å². The molecule has 4 aromatic heterocycles. The second-order valence-electron chi connectivity index (χ2n) is 14.1. The van der Waals surface area contributed by atoms with Crippen LogP contribution in [-0.2, 0) is 0 Å². The van der Waals surface area contributed by atoms with Crippen LogP contribution in [0.5, 0.6) is 0 Å². The lowest BCUT2D eigenvalue weighted by Gasteiger charge is -2.03. The van der Waals surface area contributed by atoms with Gasteiger partial charge < -0.3 is 17.7 Å². The van der Waals surface area contributed by atoms with Gasteiger partial charge in [-0.1, -0.05) is 141 Å². The molecule has 0 atom stereocenters. The van der Waals surface area contributed by atoms with Crippen LogP contribution in [0.25, 0.3) is 110 Å². The van der Waals surface area contributed by atoms with E-state index in [-0.39, 0.29) is 0 Å². The Bertz CT molecular complexity index is 3420. The topological polar surface area (TPSA) is 52.6 Å².